The van der Waals surface area contributed by atoms with Crippen molar-refractivity contribution in [1.29, 1.82) is 0 Å². The Hall–Kier alpha value is -3.48. The van der Waals surface area contributed by atoms with Crippen molar-refractivity contribution in [2.45, 2.75) is 6.42 Å². The van der Waals surface area contributed by atoms with Crippen molar-refractivity contribution in [2.75, 3.05) is 19.8 Å². The number of hydrazine groups is 1. The summed E-state index contributed by atoms with van der Waals surface area (Å²) in [4.78, 5) is 23.7. The second kappa shape index (κ2) is 9.28. The molecular formula is C20H20N2O5. The van der Waals surface area contributed by atoms with Crippen LogP contribution in [0, 0.1) is 0 Å². The SMILES string of the molecule is O=C(COc1ccccc1Cc1ccccc1)NNC(=O)C1=COCCO1. The molecule has 0 saturated carbocycles. The molecule has 1 aliphatic heterocycles. The quantitative estimate of drug-likeness (QED) is 0.758. The topological polar surface area (TPSA) is 85.9 Å². The molecule has 0 unspecified atom stereocenters. The lowest BCUT2D eigenvalue weighted by Gasteiger charge is -2.15. The molecule has 140 valence electrons. The number of hydrogen-bond donors (Lipinski definition) is 2. The van der Waals surface area contributed by atoms with Gasteiger partial charge < -0.3 is 14.2 Å². The van der Waals surface area contributed by atoms with Gasteiger partial charge in [-0.1, -0.05) is 48.5 Å². The summed E-state index contributed by atoms with van der Waals surface area (Å²) in [7, 11) is 0. The van der Waals surface area contributed by atoms with Crippen LogP contribution in [0.25, 0.3) is 0 Å². The van der Waals surface area contributed by atoms with Gasteiger partial charge in [-0.3, -0.25) is 20.4 Å². The summed E-state index contributed by atoms with van der Waals surface area (Å²) in [6.07, 6.45) is 1.90. The van der Waals surface area contributed by atoms with E-state index in [1.54, 1.807) is 0 Å². The van der Waals surface area contributed by atoms with Crippen LogP contribution in [0.1, 0.15) is 11.1 Å². The molecule has 0 spiro atoms. The van der Waals surface area contributed by atoms with Gasteiger partial charge in [0.25, 0.3) is 5.91 Å². The standard InChI is InChI=1S/C20H20N2O5/c23-19(21-22-20(24)18-13-25-10-11-26-18)14-27-17-9-5-4-8-16(17)12-15-6-2-1-3-7-15/h1-9,13H,10-12,14H2,(H,21,23)(H,22,24). The van der Waals surface area contributed by atoms with E-state index in [-0.39, 0.29) is 19.0 Å². The molecule has 7 heteroatoms. The predicted octanol–water partition coefficient (Wildman–Crippen LogP) is 1.69. The van der Waals surface area contributed by atoms with Crippen LogP contribution < -0.4 is 15.6 Å². The molecule has 1 aliphatic rings. The first-order valence-corrected chi connectivity index (χ1v) is 8.51. The monoisotopic (exact) mass is 368 g/mol. The lowest BCUT2D eigenvalue weighted by atomic mass is 10.0. The average Bonchev–Trinajstić information content (AvgIpc) is 2.73. The van der Waals surface area contributed by atoms with E-state index in [1.165, 1.54) is 6.26 Å². The number of carbonyl (C=O) groups is 2. The molecule has 0 aliphatic carbocycles. The summed E-state index contributed by atoms with van der Waals surface area (Å²) < 4.78 is 15.7. The summed E-state index contributed by atoms with van der Waals surface area (Å²) in [5.74, 6) is -0.451. The van der Waals surface area contributed by atoms with Gasteiger partial charge in [0, 0.05) is 6.42 Å². The number of para-hydroxylation sites is 1. The van der Waals surface area contributed by atoms with Crippen molar-refractivity contribution in [3.8, 4) is 5.75 Å². The largest absolute Gasteiger partial charge is 0.494 e. The van der Waals surface area contributed by atoms with Crippen LogP contribution >= 0.6 is 0 Å². The average molecular weight is 368 g/mol. The summed E-state index contributed by atoms with van der Waals surface area (Å²) in [5.41, 5.74) is 6.65. The maximum atomic E-state index is 11.9. The van der Waals surface area contributed by atoms with E-state index in [1.807, 2.05) is 54.6 Å². The van der Waals surface area contributed by atoms with Crippen LogP contribution in [0.2, 0.25) is 0 Å². The van der Waals surface area contributed by atoms with Crippen molar-refractivity contribution in [3.05, 3.63) is 77.7 Å². The van der Waals surface area contributed by atoms with Gasteiger partial charge in [0.15, 0.2) is 6.61 Å². The van der Waals surface area contributed by atoms with E-state index in [2.05, 4.69) is 10.9 Å². The highest BCUT2D eigenvalue weighted by Gasteiger charge is 2.16. The van der Waals surface area contributed by atoms with Crippen LogP contribution in [-0.4, -0.2) is 31.6 Å². The molecule has 0 saturated heterocycles. The molecular weight excluding hydrogens is 348 g/mol. The Morgan fingerprint density at radius 1 is 0.963 bits per heavy atom. The number of carbonyl (C=O) groups excluding carboxylic acids is 2. The van der Waals surface area contributed by atoms with Crippen molar-refractivity contribution >= 4 is 11.8 Å². The van der Waals surface area contributed by atoms with E-state index in [0.717, 1.165) is 11.1 Å². The molecule has 7 nitrogen and oxygen atoms in total. The number of nitrogens with one attached hydrogen (secondary N) is 2. The highest BCUT2D eigenvalue weighted by molar-refractivity contribution is 5.92. The minimum Gasteiger partial charge on any atom is -0.494 e. The van der Waals surface area contributed by atoms with Gasteiger partial charge in [-0.2, -0.15) is 0 Å². The molecule has 1 heterocycles. The zero-order valence-electron chi connectivity index (χ0n) is 14.6. The second-order valence-electron chi connectivity index (χ2n) is 5.76. The van der Waals surface area contributed by atoms with Gasteiger partial charge >= 0.3 is 5.91 Å². The second-order valence-corrected chi connectivity index (χ2v) is 5.76. The first-order chi connectivity index (χ1) is 13.2. The van der Waals surface area contributed by atoms with Gasteiger partial charge in [-0.25, -0.2) is 0 Å². The van der Waals surface area contributed by atoms with Crippen molar-refractivity contribution < 1.29 is 23.8 Å². The maximum Gasteiger partial charge on any atom is 0.308 e. The fourth-order valence-electron chi connectivity index (χ4n) is 2.46. The van der Waals surface area contributed by atoms with Crippen molar-refractivity contribution in [3.63, 3.8) is 0 Å². The van der Waals surface area contributed by atoms with E-state index in [9.17, 15) is 9.59 Å². The number of hydrogen-bond acceptors (Lipinski definition) is 5. The van der Waals surface area contributed by atoms with E-state index in [4.69, 9.17) is 14.2 Å². The Labute approximate surface area is 156 Å². The predicted molar refractivity (Wildman–Crippen MR) is 97.5 cm³/mol. The van der Waals surface area contributed by atoms with Crippen LogP contribution in [0.4, 0.5) is 0 Å². The van der Waals surface area contributed by atoms with E-state index >= 15 is 0 Å². The Bertz CT molecular complexity index is 820. The minimum atomic E-state index is -0.590. The Balaban J connectivity index is 1.50. The first kappa shape index (κ1) is 18.3. The van der Waals surface area contributed by atoms with E-state index in [0.29, 0.717) is 18.8 Å². The molecule has 0 aromatic heterocycles. The molecule has 0 radical (unpaired) electrons. The molecule has 2 aromatic rings. The molecule has 2 amide bonds. The highest BCUT2D eigenvalue weighted by atomic mass is 16.6. The Morgan fingerprint density at radius 2 is 1.74 bits per heavy atom. The normalized spacial score (nSPS) is 12.8. The third-order valence-corrected chi connectivity index (χ3v) is 3.76. The molecule has 0 bridgehead atoms. The summed E-state index contributed by atoms with van der Waals surface area (Å²) in [6, 6.07) is 17.5. The Morgan fingerprint density at radius 3 is 2.52 bits per heavy atom. The van der Waals surface area contributed by atoms with Crippen molar-refractivity contribution in [2.24, 2.45) is 0 Å². The summed E-state index contributed by atoms with van der Waals surface area (Å²) in [5, 5.41) is 0. The lowest BCUT2D eigenvalue weighted by molar-refractivity contribution is -0.130. The van der Waals surface area contributed by atoms with Gasteiger partial charge in [-0.05, 0) is 17.2 Å². The third-order valence-electron chi connectivity index (χ3n) is 3.76. The number of rotatable bonds is 6. The molecule has 2 N–H and O–H groups in total. The van der Waals surface area contributed by atoms with Crippen LogP contribution in [-0.2, 0) is 25.5 Å². The smallest absolute Gasteiger partial charge is 0.308 e. The highest BCUT2D eigenvalue weighted by Crippen LogP contribution is 2.21. The lowest BCUT2D eigenvalue weighted by Crippen LogP contribution is -2.45. The molecule has 2 aromatic carbocycles. The fraction of sp³-hybridized carbons (Fsp3) is 0.200. The zero-order chi connectivity index (χ0) is 18.9. The number of benzene rings is 2. The van der Waals surface area contributed by atoms with Crippen molar-refractivity contribution in [1.82, 2.24) is 10.9 Å². The molecule has 0 atom stereocenters. The fourth-order valence-corrected chi connectivity index (χ4v) is 2.46. The number of amides is 2. The Kier molecular flexibility index (Phi) is 6.30. The van der Waals surface area contributed by atoms with Gasteiger partial charge in [0.2, 0.25) is 5.76 Å². The van der Waals surface area contributed by atoms with Gasteiger partial charge in [-0.15, -0.1) is 0 Å². The molecule has 3 rings (SSSR count). The zero-order valence-corrected chi connectivity index (χ0v) is 14.6. The minimum absolute atomic E-state index is 0.00988. The van der Waals surface area contributed by atoms with E-state index < -0.39 is 11.8 Å². The summed E-state index contributed by atoms with van der Waals surface area (Å²) >= 11 is 0. The summed E-state index contributed by atoms with van der Waals surface area (Å²) in [6.45, 7) is 0.441. The van der Waals surface area contributed by atoms with Crippen LogP contribution in [0.15, 0.2) is 66.6 Å². The van der Waals surface area contributed by atoms with Crippen LogP contribution in [0.5, 0.6) is 5.75 Å². The number of ether oxygens (including phenoxy) is 3. The maximum absolute atomic E-state index is 11.9. The van der Waals surface area contributed by atoms with Gasteiger partial charge in [0.05, 0.1) is 0 Å². The first-order valence-electron chi connectivity index (χ1n) is 8.51. The molecule has 27 heavy (non-hydrogen) atoms. The van der Waals surface area contributed by atoms with Crippen LogP contribution in [0.3, 0.4) is 0 Å². The molecule has 0 fully saturated rings. The van der Waals surface area contributed by atoms with Gasteiger partial charge in [0.1, 0.15) is 25.2 Å². The third kappa shape index (κ3) is 5.50.